The summed E-state index contributed by atoms with van der Waals surface area (Å²) in [6, 6.07) is 7.72. The van der Waals surface area contributed by atoms with Crippen molar-refractivity contribution in [3.8, 4) is 0 Å². The van der Waals surface area contributed by atoms with Crippen LogP contribution in [0.5, 0.6) is 0 Å². The molecular weight excluding hydrogens is 288 g/mol. The molecule has 1 atom stereocenters. The van der Waals surface area contributed by atoms with Crippen LogP contribution in [-0.2, 0) is 0 Å². The molecule has 100 valence electrons. The predicted molar refractivity (Wildman–Crippen MR) is 82.3 cm³/mol. The summed E-state index contributed by atoms with van der Waals surface area (Å²) >= 11 is 3.58. The average Bonchev–Trinajstić information content (AvgIpc) is 2.90. The highest BCUT2D eigenvalue weighted by molar-refractivity contribution is 9.10. The van der Waals surface area contributed by atoms with Crippen molar-refractivity contribution in [3.63, 3.8) is 0 Å². The number of hydrogen-bond donors (Lipinski definition) is 1. The van der Waals surface area contributed by atoms with Gasteiger partial charge in [0, 0.05) is 29.3 Å². The van der Waals surface area contributed by atoms with Crippen LogP contribution in [-0.4, -0.2) is 20.1 Å². The summed E-state index contributed by atoms with van der Waals surface area (Å²) in [6.07, 6.45) is 5.42. The van der Waals surface area contributed by atoms with E-state index in [-0.39, 0.29) is 0 Å². The molecule has 2 rings (SSSR count). The molecule has 1 saturated carbocycles. The fourth-order valence-electron chi connectivity index (χ4n) is 2.84. The molecular formula is C15H23BrN2. The molecule has 0 radical (unpaired) electrons. The number of hydrogen-bond acceptors (Lipinski definition) is 2. The summed E-state index contributed by atoms with van der Waals surface area (Å²) in [7, 11) is 4.26. The lowest BCUT2D eigenvalue weighted by Crippen LogP contribution is -2.30. The van der Waals surface area contributed by atoms with Crippen molar-refractivity contribution in [2.45, 2.75) is 44.7 Å². The summed E-state index contributed by atoms with van der Waals surface area (Å²) in [5.41, 5.74) is 2.74. The molecule has 3 heteroatoms. The Morgan fingerprint density at radius 3 is 2.61 bits per heavy atom. The van der Waals surface area contributed by atoms with Crippen molar-refractivity contribution in [3.05, 3.63) is 28.2 Å². The Hall–Kier alpha value is -0.540. The molecule has 2 nitrogen and oxygen atoms in total. The quantitative estimate of drug-likeness (QED) is 0.900. The maximum absolute atomic E-state index is 3.58. The molecule has 1 aromatic carbocycles. The molecule has 1 aliphatic carbocycles. The van der Waals surface area contributed by atoms with Gasteiger partial charge in [-0.1, -0.05) is 28.8 Å². The van der Waals surface area contributed by atoms with Crippen molar-refractivity contribution in [2.75, 3.05) is 19.0 Å². The molecule has 18 heavy (non-hydrogen) atoms. The first-order chi connectivity index (χ1) is 8.63. The van der Waals surface area contributed by atoms with Crippen molar-refractivity contribution in [1.82, 2.24) is 5.32 Å². The van der Waals surface area contributed by atoms with Gasteiger partial charge in [0.25, 0.3) is 0 Å². The maximum Gasteiger partial charge on any atom is 0.0415 e. The van der Waals surface area contributed by atoms with Crippen LogP contribution in [0.4, 0.5) is 5.69 Å². The van der Waals surface area contributed by atoms with E-state index in [0.717, 1.165) is 4.47 Å². The van der Waals surface area contributed by atoms with Crippen molar-refractivity contribution in [2.24, 2.45) is 0 Å². The van der Waals surface area contributed by atoms with Gasteiger partial charge in [0.2, 0.25) is 0 Å². The van der Waals surface area contributed by atoms with E-state index in [4.69, 9.17) is 0 Å². The van der Waals surface area contributed by atoms with Gasteiger partial charge < -0.3 is 10.2 Å². The maximum atomic E-state index is 3.58. The molecule has 0 bridgehead atoms. The SMILES string of the molecule is CNC(C)c1cc(Br)ccc1N(C)C1CCCC1. The standard InChI is InChI=1S/C15H23BrN2/c1-11(17-2)14-10-12(16)8-9-15(14)18(3)13-6-4-5-7-13/h8-11,13,17H,4-7H2,1-3H3. The van der Waals surface area contributed by atoms with Crippen molar-refractivity contribution >= 4 is 21.6 Å². The van der Waals surface area contributed by atoms with Gasteiger partial charge in [-0.3, -0.25) is 0 Å². The van der Waals surface area contributed by atoms with E-state index in [1.807, 2.05) is 7.05 Å². The summed E-state index contributed by atoms with van der Waals surface area (Å²) in [5, 5.41) is 3.35. The number of anilines is 1. The van der Waals surface area contributed by atoms with Crippen LogP contribution in [0, 0.1) is 0 Å². The first-order valence-corrected chi connectivity index (χ1v) is 7.62. The Morgan fingerprint density at radius 2 is 2.00 bits per heavy atom. The molecule has 1 aromatic rings. The smallest absolute Gasteiger partial charge is 0.0415 e. The van der Waals surface area contributed by atoms with Gasteiger partial charge in [-0.15, -0.1) is 0 Å². The average molecular weight is 311 g/mol. The fraction of sp³-hybridized carbons (Fsp3) is 0.600. The van der Waals surface area contributed by atoms with Crippen LogP contribution in [0.15, 0.2) is 22.7 Å². The minimum absolute atomic E-state index is 0.376. The predicted octanol–water partition coefficient (Wildman–Crippen LogP) is 4.11. The number of benzene rings is 1. The van der Waals surface area contributed by atoms with Crippen LogP contribution in [0.25, 0.3) is 0 Å². The van der Waals surface area contributed by atoms with Crippen LogP contribution >= 0.6 is 15.9 Å². The fourth-order valence-corrected chi connectivity index (χ4v) is 3.22. The monoisotopic (exact) mass is 310 g/mol. The van der Waals surface area contributed by atoms with Gasteiger partial charge >= 0.3 is 0 Å². The van der Waals surface area contributed by atoms with E-state index in [9.17, 15) is 0 Å². The topological polar surface area (TPSA) is 15.3 Å². The highest BCUT2D eigenvalue weighted by atomic mass is 79.9. The van der Waals surface area contributed by atoms with Gasteiger partial charge in [0.05, 0.1) is 0 Å². The van der Waals surface area contributed by atoms with Gasteiger partial charge in [0.1, 0.15) is 0 Å². The summed E-state index contributed by atoms with van der Waals surface area (Å²) in [6.45, 7) is 2.22. The van der Waals surface area contributed by atoms with Crippen LogP contribution in [0.1, 0.15) is 44.2 Å². The molecule has 1 fully saturated rings. The molecule has 1 aliphatic rings. The molecule has 0 saturated heterocycles. The highest BCUT2D eigenvalue weighted by Gasteiger charge is 2.22. The zero-order valence-corrected chi connectivity index (χ0v) is 13.1. The molecule has 0 heterocycles. The largest absolute Gasteiger partial charge is 0.371 e. The van der Waals surface area contributed by atoms with Gasteiger partial charge in [-0.05, 0) is 50.6 Å². The Labute approximate surface area is 119 Å². The lowest BCUT2D eigenvalue weighted by Gasteiger charge is -2.30. The third kappa shape index (κ3) is 2.89. The zero-order valence-electron chi connectivity index (χ0n) is 11.5. The second-order valence-corrected chi connectivity index (χ2v) is 6.18. The highest BCUT2D eigenvalue weighted by Crippen LogP contribution is 2.33. The van der Waals surface area contributed by atoms with E-state index in [1.54, 1.807) is 0 Å². The van der Waals surface area contributed by atoms with Gasteiger partial charge in [-0.25, -0.2) is 0 Å². The lowest BCUT2D eigenvalue weighted by atomic mass is 10.0. The molecule has 0 aromatic heterocycles. The number of nitrogens with zero attached hydrogens (tertiary/aromatic N) is 1. The molecule has 1 N–H and O–H groups in total. The number of halogens is 1. The summed E-state index contributed by atoms with van der Waals surface area (Å²) in [5.74, 6) is 0. The third-order valence-corrected chi connectivity index (χ3v) is 4.63. The molecule has 1 unspecified atom stereocenters. The van der Waals surface area contributed by atoms with E-state index < -0.39 is 0 Å². The second-order valence-electron chi connectivity index (χ2n) is 5.26. The Bertz CT molecular complexity index is 399. The molecule has 0 amide bonds. The Morgan fingerprint density at radius 1 is 1.33 bits per heavy atom. The second kappa shape index (κ2) is 6.07. The third-order valence-electron chi connectivity index (χ3n) is 4.14. The van der Waals surface area contributed by atoms with Crippen molar-refractivity contribution in [1.29, 1.82) is 0 Å². The normalized spacial score (nSPS) is 18.0. The Balaban J connectivity index is 2.30. The van der Waals surface area contributed by atoms with Gasteiger partial charge in [0.15, 0.2) is 0 Å². The molecule has 0 aliphatic heterocycles. The van der Waals surface area contributed by atoms with Crippen LogP contribution in [0.3, 0.4) is 0 Å². The zero-order chi connectivity index (χ0) is 13.1. The summed E-state index contributed by atoms with van der Waals surface area (Å²) in [4.78, 5) is 2.47. The minimum Gasteiger partial charge on any atom is -0.371 e. The summed E-state index contributed by atoms with van der Waals surface area (Å²) < 4.78 is 1.16. The Kier molecular flexibility index (Phi) is 4.68. The van der Waals surface area contributed by atoms with E-state index in [2.05, 4.69) is 58.3 Å². The lowest BCUT2D eigenvalue weighted by molar-refractivity contribution is 0.624. The minimum atomic E-state index is 0.376. The van der Waals surface area contributed by atoms with Crippen molar-refractivity contribution < 1.29 is 0 Å². The van der Waals surface area contributed by atoms with E-state index in [1.165, 1.54) is 36.9 Å². The van der Waals surface area contributed by atoms with Crippen LogP contribution < -0.4 is 10.2 Å². The first kappa shape index (κ1) is 13.9. The molecule has 0 spiro atoms. The first-order valence-electron chi connectivity index (χ1n) is 6.83. The van der Waals surface area contributed by atoms with E-state index in [0.29, 0.717) is 12.1 Å². The number of nitrogens with one attached hydrogen (secondary N) is 1. The van der Waals surface area contributed by atoms with E-state index >= 15 is 0 Å². The van der Waals surface area contributed by atoms with Crippen LogP contribution in [0.2, 0.25) is 0 Å². The van der Waals surface area contributed by atoms with Gasteiger partial charge in [-0.2, -0.15) is 0 Å². The number of rotatable bonds is 4.